The predicted octanol–water partition coefficient (Wildman–Crippen LogP) is 3.19. The van der Waals surface area contributed by atoms with E-state index < -0.39 is 0 Å². The maximum Gasteiger partial charge on any atom is 0.119 e. The molecular weight excluding hydrogens is 210 g/mol. The van der Waals surface area contributed by atoms with Crippen LogP contribution in [-0.2, 0) is 0 Å². The molecule has 0 heterocycles. The van der Waals surface area contributed by atoms with E-state index in [9.17, 15) is 0 Å². The van der Waals surface area contributed by atoms with Crippen molar-refractivity contribution in [1.29, 1.82) is 0 Å². The normalized spacial score (nSPS) is 23.9. The molecule has 1 saturated carbocycles. The van der Waals surface area contributed by atoms with E-state index in [1.807, 2.05) is 14.0 Å². The van der Waals surface area contributed by atoms with E-state index in [1.54, 1.807) is 0 Å². The summed E-state index contributed by atoms with van der Waals surface area (Å²) in [5.74, 6) is 2.52. The molecule has 2 atom stereocenters. The van der Waals surface area contributed by atoms with Crippen LogP contribution in [0.1, 0.15) is 37.7 Å². The van der Waals surface area contributed by atoms with Crippen molar-refractivity contribution in [2.45, 2.75) is 32.1 Å². The zero-order valence-electron chi connectivity index (χ0n) is 10.9. The summed E-state index contributed by atoms with van der Waals surface area (Å²) in [6, 6.07) is 8.69. The topological polar surface area (TPSA) is 21.3 Å². The van der Waals surface area contributed by atoms with Crippen LogP contribution in [0.25, 0.3) is 0 Å². The van der Waals surface area contributed by atoms with E-state index in [0.717, 1.165) is 30.7 Å². The minimum Gasteiger partial charge on any atom is -0.494 e. The third kappa shape index (κ3) is 3.01. The molecule has 0 aromatic heterocycles. The van der Waals surface area contributed by atoms with Gasteiger partial charge in [-0.2, -0.15) is 0 Å². The molecule has 1 aromatic carbocycles. The molecule has 0 aliphatic heterocycles. The molecule has 2 heteroatoms. The van der Waals surface area contributed by atoms with Crippen LogP contribution in [0.4, 0.5) is 0 Å². The molecule has 0 spiro atoms. The number of hydrogen-bond acceptors (Lipinski definition) is 2. The van der Waals surface area contributed by atoms with Gasteiger partial charge in [-0.1, -0.05) is 18.6 Å². The van der Waals surface area contributed by atoms with Gasteiger partial charge in [0.25, 0.3) is 0 Å². The second-order valence-corrected chi connectivity index (χ2v) is 4.86. The molecule has 1 aromatic rings. The summed E-state index contributed by atoms with van der Waals surface area (Å²) in [5, 5.41) is 3.32. The highest BCUT2D eigenvalue weighted by atomic mass is 16.5. The quantitative estimate of drug-likeness (QED) is 0.843. The van der Waals surface area contributed by atoms with Crippen LogP contribution < -0.4 is 10.1 Å². The molecule has 94 valence electrons. The fourth-order valence-electron chi connectivity index (χ4n) is 2.96. The van der Waals surface area contributed by atoms with E-state index in [-0.39, 0.29) is 0 Å². The van der Waals surface area contributed by atoms with Crippen molar-refractivity contribution in [3.63, 3.8) is 0 Å². The second-order valence-electron chi connectivity index (χ2n) is 4.86. The first-order valence-electron chi connectivity index (χ1n) is 6.72. The first-order chi connectivity index (χ1) is 8.35. The van der Waals surface area contributed by atoms with Gasteiger partial charge in [0.15, 0.2) is 0 Å². The zero-order chi connectivity index (χ0) is 12.1. The highest BCUT2D eigenvalue weighted by Crippen LogP contribution is 2.39. The van der Waals surface area contributed by atoms with Crippen LogP contribution >= 0.6 is 0 Å². The Morgan fingerprint density at radius 2 is 2.00 bits per heavy atom. The van der Waals surface area contributed by atoms with Crippen molar-refractivity contribution in [2.75, 3.05) is 20.2 Å². The van der Waals surface area contributed by atoms with E-state index >= 15 is 0 Å². The van der Waals surface area contributed by atoms with Crippen molar-refractivity contribution >= 4 is 0 Å². The monoisotopic (exact) mass is 233 g/mol. The first kappa shape index (κ1) is 12.4. The van der Waals surface area contributed by atoms with Gasteiger partial charge in [-0.15, -0.1) is 0 Å². The van der Waals surface area contributed by atoms with Crippen LogP contribution in [0.2, 0.25) is 0 Å². The third-order valence-electron chi connectivity index (χ3n) is 3.74. The van der Waals surface area contributed by atoms with E-state index in [0.29, 0.717) is 0 Å². The van der Waals surface area contributed by atoms with Gasteiger partial charge in [-0.25, -0.2) is 0 Å². The molecule has 0 amide bonds. The van der Waals surface area contributed by atoms with E-state index in [2.05, 4.69) is 29.6 Å². The number of nitrogens with one attached hydrogen (secondary N) is 1. The van der Waals surface area contributed by atoms with E-state index in [1.165, 1.54) is 24.8 Å². The van der Waals surface area contributed by atoms with Gasteiger partial charge in [0.2, 0.25) is 0 Å². The smallest absolute Gasteiger partial charge is 0.119 e. The third-order valence-corrected chi connectivity index (χ3v) is 3.74. The Hall–Kier alpha value is -1.02. The highest BCUT2D eigenvalue weighted by Gasteiger charge is 2.27. The molecule has 0 saturated heterocycles. The SMILES string of the molecule is CCOc1ccc(C2CCCC2CNC)cc1. The molecule has 2 rings (SSSR count). The van der Waals surface area contributed by atoms with E-state index in [4.69, 9.17) is 4.74 Å². The maximum atomic E-state index is 5.49. The van der Waals surface area contributed by atoms with Crippen molar-refractivity contribution in [1.82, 2.24) is 5.32 Å². The van der Waals surface area contributed by atoms with Crippen molar-refractivity contribution in [3.05, 3.63) is 29.8 Å². The lowest BCUT2D eigenvalue weighted by Gasteiger charge is -2.20. The van der Waals surface area contributed by atoms with Gasteiger partial charge in [0.05, 0.1) is 6.61 Å². The maximum absolute atomic E-state index is 5.49. The van der Waals surface area contributed by atoms with Crippen LogP contribution in [0.5, 0.6) is 5.75 Å². The second kappa shape index (κ2) is 6.06. The van der Waals surface area contributed by atoms with Crippen molar-refractivity contribution < 1.29 is 4.74 Å². The summed E-state index contributed by atoms with van der Waals surface area (Å²) >= 11 is 0. The number of rotatable bonds is 5. The highest BCUT2D eigenvalue weighted by molar-refractivity contribution is 5.30. The standard InChI is InChI=1S/C15H23NO/c1-3-17-14-9-7-12(8-10-14)15-6-4-5-13(15)11-16-2/h7-10,13,15-16H,3-6,11H2,1-2H3. The summed E-state index contributed by atoms with van der Waals surface area (Å²) in [5.41, 5.74) is 1.48. The Morgan fingerprint density at radius 1 is 1.24 bits per heavy atom. The predicted molar refractivity (Wildman–Crippen MR) is 71.6 cm³/mol. The van der Waals surface area contributed by atoms with Crippen molar-refractivity contribution in [3.8, 4) is 5.75 Å². The summed E-state index contributed by atoms with van der Waals surface area (Å²) in [7, 11) is 2.05. The lowest BCUT2D eigenvalue weighted by atomic mass is 9.89. The van der Waals surface area contributed by atoms with Crippen molar-refractivity contribution in [2.24, 2.45) is 5.92 Å². The Morgan fingerprint density at radius 3 is 2.65 bits per heavy atom. The molecule has 17 heavy (non-hydrogen) atoms. The molecule has 2 unspecified atom stereocenters. The lowest BCUT2D eigenvalue weighted by molar-refractivity contribution is 0.340. The Kier molecular flexibility index (Phi) is 4.43. The fourth-order valence-corrected chi connectivity index (χ4v) is 2.96. The molecule has 1 aliphatic rings. The molecular formula is C15H23NO. The molecule has 0 bridgehead atoms. The molecule has 2 nitrogen and oxygen atoms in total. The first-order valence-corrected chi connectivity index (χ1v) is 6.72. The largest absolute Gasteiger partial charge is 0.494 e. The summed E-state index contributed by atoms with van der Waals surface area (Å²) in [6.45, 7) is 3.90. The number of hydrogen-bond donors (Lipinski definition) is 1. The molecule has 1 fully saturated rings. The van der Waals surface area contributed by atoms with Gasteiger partial charge in [0.1, 0.15) is 5.75 Å². The van der Waals surface area contributed by atoms with Crippen LogP contribution in [0.15, 0.2) is 24.3 Å². The van der Waals surface area contributed by atoms with Gasteiger partial charge in [-0.3, -0.25) is 0 Å². The van der Waals surface area contributed by atoms with Gasteiger partial charge < -0.3 is 10.1 Å². The fraction of sp³-hybridized carbons (Fsp3) is 0.600. The van der Waals surface area contributed by atoms with Crippen LogP contribution in [-0.4, -0.2) is 20.2 Å². The minimum atomic E-state index is 0.734. The molecule has 1 N–H and O–H groups in total. The molecule has 1 aliphatic carbocycles. The summed E-state index contributed by atoms with van der Waals surface area (Å²) < 4.78 is 5.49. The molecule has 0 radical (unpaired) electrons. The Bertz CT molecular complexity index is 333. The number of benzene rings is 1. The summed E-state index contributed by atoms with van der Waals surface area (Å²) in [4.78, 5) is 0. The summed E-state index contributed by atoms with van der Waals surface area (Å²) in [6.07, 6.45) is 4.06. The Balaban J connectivity index is 2.05. The zero-order valence-corrected chi connectivity index (χ0v) is 10.9. The average molecular weight is 233 g/mol. The number of ether oxygens (including phenoxy) is 1. The lowest BCUT2D eigenvalue weighted by Crippen LogP contribution is -2.20. The Labute approximate surface area is 104 Å². The van der Waals surface area contributed by atoms with Crippen LogP contribution in [0.3, 0.4) is 0 Å². The van der Waals surface area contributed by atoms with Gasteiger partial charge in [0, 0.05) is 0 Å². The average Bonchev–Trinajstić information content (AvgIpc) is 2.79. The van der Waals surface area contributed by atoms with Gasteiger partial charge in [-0.05, 0) is 62.9 Å². The van der Waals surface area contributed by atoms with Gasteiger partial charge >= 0.3 is 0 Å². The van der Waals surface area contributed by atoms with Crippen LogP contribution in [0, 0.1) is 5.92 Å². The minimum absolute atomic E-state index is 0.734.